The third-order valence-corrected chi connectivity index (χ3v) is 2.44. The van der Waals surface area contributed by atoms with E-state index in [-0.39, 0.29) is 30.5 Å². The summed E-state index contributed by atoms with van der Waals surface area (Å²) < 4.78 is 0. The summed E-state index contributed by atoms with van der Waals surface area (Å²) in [6.07, 6.45) is 1.54. The van der Waals surface area contributed by atoms with Gasteiger partial charge in [0, 0.05) is 38.1 Å². The van der Waals surface area contributed by atoms with E-state index >= 15 is 0 Å². The zero-order valence-corrected chi connectivity index (χ0v) is 10.8. The first kappa shape index (κ1) is 16.0. The summed E-state index contributed by atoms with van der Waals surface area (Å²) in [6, 6.07) is 3.46. The van der Waals surface area contributed by atoms with Gasteiger partial charge in [0.25, 0.3) is 0 Å². The molecule has 1 saturated heterocycles. The number of aromatic nitrogens is 1. The van der Waals surface area contributed by atoms with Crippen LogP contribution in [0.1, 0.15) is 10.5 Å². The van der Waals surface area contributed by atoms with E-state index in [4.69, 9.17) is 5.11 Å². The molecule has 0 unspecified atom stereocenters. The summed E-state index contributed by atoms with van der Waals surface area (Å²) in [7, 11) is 0. The molecule has 0 spiro atoms. The Labute approximate surface area is 112 Å². The van der Waals surface area contributed by atoms with E-state index in [1.54, 1.807) is 12.3 Å². The van der Waals surface area contributed by atoms with Crippen LogP contribution >= 0.6 is 24.8 Å². The number of carboxylic acids is 1. The van der Waals surface area contributed by atoms with E-state index in [9.17, 15) is 4.79 Å². The molecule has 0 aliphatic carbocycles. The van der Waals surface area contributed by atoms with Crippen LogP contribution in [-0.4, -0.2) is 42.2 Å². The van der Waals surface area contributed by atoms with Gasteiger partial charge in [-0.3, -0.25) is 0 Å². The Morgan fingerprint density at radius 3 is 2.59 bits per heavy atom. The average Bonchev–Trinajstić information content (AvgIpc) is 2.30. The summed E-state index contributed by atoms with van der Waals surface area (Å²) in [6.45, 7) is 3.68. The molecule has 0 amide bonds. The van der Waals surface area contributed by atoms with Crippen LogP contribution in [0.4, 0.5) is 5.69 Å². The number of nitrogens with zero attached hydrogens (tertiary/aromatic N) is 2. The van der Waals surface area contributed by atoms with Gasteiger partial charge < -0.3 is 15.3 Å². The van der Waals surface area contributed by atoms with E-state index in [1.165, 1.54) is 0 Å². The van der Waals surface area contributed by atoms with Gasteiger partial charge in [-0.1, -0.05) is 0 Å². The molecule has 1 aliphatic heterocycles. The van der Waals surface area contributed by atoms with Gasteiger partial charge in [0.2, 0.25) is 0 Å². The molecule has 7 heteroatoms. The van der Waals surface area contributed by atoms with E-state index in [1.807, 2.05) is 6.07 Å². The maximum atomic E-state index is 10.7. The molecule has 0 bridgehead atoms. The maximum absolute atomic E-state index is 10.7. The summed E-state index contributed by atoms with van der Waals surface area (Å²) in [4.78, 5) is 16.7. The van der Waals surface area contributed by atoms with Crippen LogP contribution in [0.15, 0.2) is 18.3 Å². The molecule has 1 aromatic heterocycles. The Kier molecular flexibility index (Phi) is 6.87. The molecule has 1 aromatic rings. The molecule has 1 fully saturated rings. The summed E-state index contributed by atoms with van der Waals surface area (Å²) in [5.41, 5.74) is 1.04. The van der Waals surface area contributed by atoms with Gasteiger partial charge in [-0.2, -0.15) is 0 Å². The van der Waals surface area contributed by atoms with Crippen molar-refractivity contribution in [2.45, 2.75) is 0 Å². The van der Waals surface area contributed by atoms with Crippen LogP contribution in [0, 0.1) is 0 Å². The van der Waals surface area contributed by atoms with Crippen LogP contribution in [0.5, 0.6) is 0 Å². The monoisotopic (exact) mass is 279 g/mol. The molecule has 0 radical (unpaired) electrons. The molecular weight excluding hydrogens is 265 g/mol. The molecule has 17 heavy (non-hydrogen) atoms. The summed E-state index contributed by atoms with van der Waals surface area (Å²) in [5.74, 6) is -0.980. The Morgan fingerprint density at radius 2 is 2.00 bits per heavy atom. The Morgan fingerprint density at radius 1 is 1.35 bits per heavy atom. The molecule has 0 aromatic carbocycles. The molecular formula is C10H15Cl2N3O2. The van der Waals surface area contributed by atoms with Crippen LogP contribution in [0.3, 0.4) is 0 Å². The van der Waals surface area contributed by atoms with Gasteiger partial charge in [-0.05, 0) is 12.1 Å². The molecule has 0 atom stereocenters. The normalized spacial score (nSPS) is 14.5. The highest BCUT2D eigenvalue weighted by atomic mass is 35.5. The lowest BCUT2D eigenvalue weighted by atomic mass is 10.2. The SMILES string of the molecule is Cl.Cl.O=C(O)c1cc(N2CCNCC2)ccn1. The van der Waals surface area contributed by atoms with Gasteiger partial charge in [-0.25, -0.2) is 9.78 Å². The second-order valence-corrected chi connectivity index (χ2v) is 3.44. The van der Waals surface area contributed by atoms with Crippen molar-refractivity contribution in [3.63, 3.8) is 0 Å². The van der Waals surface area contributed by atoms with E-state index in [2.05, 4.69) is 15.2 Å². The lowest BCUT2D eigenvalue weighted by molar-refractivity contribution is 0.0690. The highest BCUT2D eigenvalue weighted by Gasteiger charge is 2.12. The van der Waals surface area contributed by atoms with Gasteiger partial charge in [0.1, 0.15) is 5.69 Å². The number of nitrogens with one attached hydrogen (secondary N) is 1. The molecule has 1 aliphatic rings. The first-order valence-electron chi connectivity index (χ1n) is 4.92. The maximum Gasteiger partial charge on any atom is 0.354 e. The third-order valence-electron chi connectivity index (χ3n) is 2.44. The lowest BCUT2D eigenvalue weighted by Gasteiger charge is -2.29. The second-order valence-electron chi connectivity index (χ2n) is 3.44. The third kappa shape index (κ3) is 4.03. The topological polar surface area (TPSA) is 65.5 Å². The summed E-state index contributed by atoms with van der Waals surface area (Å²) in [5, 5.41) is 12.1. The molecule has 5 nitrogen and oxygen atoms in total. The smallest absolute Gasteiger partial charge is 0.354 e. The largest absolute Gasteiger partial charge is 0.477 e. The molecule has 2 rings (SSSR count). The predicted octanol–water partition coefficient (Wildman–Crippen LogP) is 1.03. The van der Waals surface area contributed by atoms with Crippen molar-refractivity contribution in [3.05, 3.63) is 24.0 Å². The van der Waals surface area contributed by atoms with Crippen LogP contribution in [0.2, 0.25) is 0 Å². The van der Waals surface area contributed by atoms with Crippen molar-refractivity contribution < 1.29 is 9.90 Å². The fraction of sp³-hybridized carbons (Fsp3) is 0.400. The number of halogens is 2. The number of pyridine rings is 1. The van der Waals surface area contributed by atoms with Gasteiger partial charge >= 0.3 is 5.97 Å². The lowest BCUT2D eigenvalue weighted by Crippen LogP contribution is -2.43. The Bertz CT molecular complexity index is 370. The van der Waals surface area contributed by atoms with Gasteiger partial charge in [0.15, 0.2) is 0 Å². The van der Waals surface area contributed by atoms with E-state index < -0.39 is 5.97 Å². The highest BCUT2D eigenvalue weighted by Crippen LogP contribution is 2.14. The van der Waals surface area contributed by atoms with E-state index in [0.29, 0.717) is 0 Å². The van der Waals surface area contributed by atoms with Crippen LogP contribution < -0.4 is 10.2 Å². The number of piperazine rings is 1. The molecule has 2 heterocycles. The molecule has 0 saturated carbocycles. The Hall–Kier alpha value is -1.04. The van der Waals surface area contributed by atoms with Gasteiger partial charge in [-0.15, -0.1) is 24.8 Å². The quantitative estimate of drug-likeness (QED) is 0.847. The van der Waals surface area contributed by atoms with Crippen LogP contribution in [-0.2, 0) is 0 Å². The number of rotatable bonds is 2. The number of carboxylic acid groups (broad SMARTS) is 1. The highest BCUT2D eigenvalue weighted by molar-refractivity contribution is 5.86. The minimum absolute atomic E-state index is 0. The standard InChI is InChI=1S/C10H13N3O2.2ClH/c14-10(15)9-7-8(1-2-12-9)13-5-3-11-4-6-13;;/h1-2,7,11H,3-6H2,(H,14,15);2*1H. The fourth-order valence-electron chi connectivity index (χ4n) is 1.66. The number of anilines is 1. The first-order chi connectivity index (χ1) is 7.27. The van der Waals surface area contributed by atoms with Crippen molar-refractivity contribution in [3.8, 4) is 0 Å². The first-order valence-corrected chi connectivity index (χ1v) is 4.92. The number of carbonyl (C=O) groups is 1. The predicted molar refractivity (Wildman–Crippen MR) is 70.8 cm³/mol. The van der Waals surface area contributed by atoms with Crippen molar-refractivity contribution in [2.75, 3.05) is 31.1 Å². The number of hydrogen-bond acceptors (Lipinski definition) is 4. The van der Waals surface area contributed by atoms with E-state index in [0.717, 1.165) is 31.9 Å². The van der Waals surface area contributed by atoms with Crippen LogP contribution in [0.25, 0.3) is 0 Å². The second kappa shape index (κ2) is 7.32. The Balaban J connectivity index is 0.00000128. The molecule has 96 valence electrons. The van der Waals surface area contributed by atoms with Gasteiger partial charge in [0.05, 0.1) is 0 Å². The van der Waals surface area contributed by atoms with Crippen molar-refractivity contribution in [1.29, 1.82) is 0 Å². The minimum atomic E-state index is -0.980. The number of hydrogen-bond donors (Lipinski definition) is 2. The summed E-state index contributed by atoms with van der Waals surface area (Å²) >= 11 is 0. The van der Waals surface area contributed by atoms with Crippen molar-refractivity contribution >= 4 is 36.5 Å². The fourth-order valence-corrected chi connectivity index (χ4v) is 1.66. The number of aromatic carboxylic acids is 1. The minimum Gasteiger partial charge on any atom is -0.477 e. The van der Waals surface area contributed by atoms with Crippen molar-refractivity contribution in [2.24, 2.45) is 0 Å². The van der Waals surface area contributed by atoms with Crippen molar-refractivity contribution in [1.82, 2.24) is 10.3 Å². The average molecular weight is 280 g/mol. The zero-order valence-electron chi connectivity index (χ0n) is 9.13. The zero-order chi connectivity index (χ0) is 10.7. The molecule has 2 N–H and O–H groups in total.